The Bertz CT molecular complexity index is 985. The number of rotatable bonds is 6. The molecule has 0 aromatic heterocycles. The molecule has 0 spiro atoms. The van der Waals surface area contributed by atoms with E-state index in [-0.39, 0.29) is 17.9 Å². The molecule has 3 unspecified atom stereocenters. The summed E-state index contributed by atoms with van der Waals surface area (Å²) in [4.78, 5) is 39.3. The van der Waals surface area contributed by atoms with Crippen LogP contribution < -0.4 is 16.2 Å². The van der Waals surface area contributed by atoms with Crippen molar-refractivity contribution in [1.29, 1.82) is 0 Å². The van der Waals surface area contributed by atoms with E-state index >= 15 is 0 Å². The summed E-state index contributed by atoms with van der Waals surface area (Å²) >= 11 is 0. The number of nitrogens with one attached hydrogen (secondary N) is 3. The van der Waals surface area contributed by atoms with Crippen molar-refractivity contribution in [2.75, 3.05) is 20.3 Å². The Morgan fingerprint density at radius 3 is 3.03 bits per heavy atom. The van der Waals surface area contributed by atoms with Gasteiger partial charge in [0.15, 0.2) is 5.84 Å². The van der Waals surface area contributed by atoms with Crippen LogP contribution >= 0.6 is 0 Å². The molecular formula is C22H28N6O4. The van der Waals surface area contributed by atoms with Crippen molar-refractivity contribution in [1.82, 2.24) is 21.2 Å². The van der Waals surface area contributed by atoms with Crippen molar-refractivity contribution in [2.24, 2.45) is 15.4 Å². The molecule has 3 N–H and O–H groups in total. The zero-order valence-corrected chi connectivity index (χ0v) is 18.4. The number of benzene rings is 1. The summed E-state index contributed by atoms with van der Waals surface area (Å²) in [6.45, 7) is 4.99. The van der Waals surface area contributed by atoms with Crippen LogP contribution in [0.4, 0.5) is 5.69 Å². The Balaban J connectivity index is 1.60. The van der Waals surface area contributed by atoms with E-state index in [2.05, 4.69) is 21.2 Å². The monoisotopic (exact) mass is 440 g/mol. The minimum absolute atomic E-state index is 0.0586. The summed E-state index contributed by atoms with van der Waals surface area (Å²) in [5.41, 5.74) is 6.35. The molecular weight excluding hydrogens is 412 g/mol. The van der Waals surface area contributed by atoms with Crippen LogP contribution in [-0.4, -0.2) is 61.4 Å². The normalized spacial score (nSPS) is 27.3. The zero-order chi connectivity index (χ0) is 22.7. The molecule has 2 amide bonds. The van der Waals surface area contributed by atoms with Gasteiger partial charge in [-0.05, 0) is 50.5 Å². The SMILES string of the molecule is CONC(=O)c1ccc(C)c(N=C2N=CNN3C=CC(C)(C(=O)NCC4CCCO4)C23)c1. The van der Waals surface area contributed by atoms with Gasteiger partial charge < -0.3 is 10.1 Å². The number of hydroxylamine groups is 1. The molecule has 10 nitrogen and oxygen atoms in total. The number of hydrazine groups is 1. The van der Waals surface area contributed by atoms with Crippen LogP contribution in [0.5, 0.6) is 0 Å². The molecule has 170 valence electrons. The Labute approximate surface area is 186 Å². The maximum Gasteiger partial charge on any atom is 0.274 e. The lowest BCUT2D eigenvalue weighted by atomic mass is 9.82. The van der Waals surface area contributed by atoms with E-state index in [4.69, 9.17) is 14.6 Å². The first-order chi connectivity index (χ1) is 15.4. The number of hydrogen-bond donors (Lipinski definition) is 3. The molecule has 0 radical (unpaired) electrons. The van der Waals surface area contributed by atoms with Gasteiger partial charge in [-0.15, -0.1) is 0 Å². The molecule has 1 fully saturated rings. The minimum Gasteiger partial charge on any atom is -0.376 e. The molecule has 3 heterocycles. The number of carbonyl (C=O) groups excluding carboxylic acids is 2. The van der Waals surface area contributed by atoms with E-state index < -0.39 is 11.5 Å². The quantitative estimate of drug-likeness (QED) is 0.575. The molecule has 32 heavy (non-hydrogen) atoms. The predicted octanol–water partition coefficient (Wildman–Crippen LogP) is 1.36. The lowest BCUT2D eigenvalue weighted by Gasteiger charge is -2.36. The van der Waals surface area contributed by atoms with Crippen molar-refractivity contribution in [3.05, 3.63) is 41.6 Å². The highest BCUT2D eigenvalue weighted by atomic mass is 16.6. The zero-order valence-electron chi connectivity index (χ0n) is 18.4. The van der Waals surface area contributed by atoms with E-state index in [9.17, 15) is 9.59 Å². The van der Waals surface area contributed by atoms with E-state index in [1.54, 1.807) is 12.1 Å². The molecule has 3 aliphatic heterocycles. The van der Waals surface area contributed by atoms with Gasteiger partial charge in [0.25, 0.3) is 5.91 Å². The molecule has 0 saturated carbocycles. The summed E-state index contributed by atoms with van der Waals surface area (Å²) in [5, 5.41) is 4.84. The lowest BCUT2D eigenvalue weighted by Crippen LogP contribution is -2.57. The smallest absolute Gasteiger partial charge is 0.274 e. The van der Waals surface area contributed by atoms with Crippen molar-refractivity contribution in [2.45, 2.75) is 38.8 Å². The molecule has 1 aromatic carbocycles. The Kier molecular flexibility index (Phi) is 6.24. The minimum atomic E-state index is -0.888. The van der Waals surface area contributed by atoms with Crippen LogP contribution in [0.1, 0.15) is 35.7 Å². The molecule has 1 aromatic rings. The molecule has 0 aliphatic carbocycles. The largest absolute Gasteiger partial charge is 0.376 e. The van der Waals surface area contributed by atoms with Crippen molar-refractivity contribution >= 4 is 29.7 Å². The second-order valence-corrected chi connectivity index (χ2v) is 8.25. The van der Waals surface area contributed by atoms with Crippen LogP contribution in [0.2, 0.25) is 0 Å². The van der Waals surface area contributed by atoms with Crippen LogP contribution in [0.15, 0.2) is 40.5 Å². The van der Waals surface area contributed by atoms with E-state index in [0.29, 0.717) is 23.6 Å². The van der Waals surface area contributed by atoms with E-state index in [1.165, 1.54) is 13.4 Å². The van der Waals surface area contributed by atoms with Gasteiger partial charge in [0, 0.05) is 24.9 Å². The lowest BCUT2D eigenvalue weighted by molar-refractivity contribution is -0.129. The van der Waals surface area contributed by atoms with Crippen molar-refractivity contribution < 1.29 is 19.2 Å². The summed E-state index contributed by atoms with van der Waals surface area (Å²) in [6, 6.07) is 4.74. The summed E-state index contributed by atoms with van der Waals surface area (Å²) in [6.07, 6.45) is 7.24. The van der Waals surface area contributed by atoms with Crippen molar-refractivity contribution in [3.63, 3.8) is 0 Å². The number of fused-ring (bicyclic) bond motifs is 1. The number of aryl methyl sites for hydroxylation is 1. The van der Waals surface area contributed by atoms with Gasteiger partial charge in [-0.1, -0.05) is 6.07 Å². The first kappa shape index (κ1) is 22.0. The number of nitrogens with zero attached hydrogens (tertiary/aromatic N) is 3. The van der Waals surface area contributed by atoms with Crippen molar-refractivity contribution in [3.8, 4) is 0 Å². The highest BCUT2D eigenvalue weighted by Gasteiger charge is 2.50. The van der Waals surface area contributed by atoms with Gasteiger partial charge in [-0.2, -0.15) is 0 Å². The Morgan fingerprint density at radius 2 is 2.28 bits per heavy atom. The highest BCUT2D eigenvalue weighted by Crippen LogP contribution is 2.36. The number of carbonyl (C=O) groups is 2. The Morgan fingerprint density at radius 1 is 1.44 bits per heavy atom. The molecule has 3 atom stereocenters. The van der Waals surface area contributed by atoms with Gasteiger partial charge in [0.2, 0.25) is 5.91 Å². The summed E-state index contributed by atoms with van der Waals surface area (Å²) in [7, 11) is 1.38. The maximum atomic E-state index is 13.2. The fraction of sp³-hybridized carbons (Fsp3) is 0.455. The average molecular weight is 441 g/mol. The Hall–Kier alpha value is -3.24. The predicted molar refractivity (Wildman–Crippen MR) is 119 cm³/mol. The fourth-order valence-corrected chi connectivity index (χ4v) is 4.08. The van der Waals surface area contributed by atoms with Gasteiger partial charge in [-0.25, -0.2) is 15.5 Å². The van der Waals surface area contributed by atoms with Crippen LogP contribution in [-0.2, 0) is 14.4 Å². The average Bonchev–Trinajstić information content (AvgIpc) is 3.43. The topological polar surface area (TPSA) is 117 Å². The number of amidine groups is 1. The maximum absolute atomic E-state index is 13.2. The van der Waals surface area contributed by atoms with Crippen LogP contribution in [0, 0.1) is 12.3 Å². The van der Waals surface area contributed by atoms with E-state index in [0.717, 1.165) is 25.0 Å². The first-order valence-corrected chi connectivity index (χ1v) is 10.6. The molecule has 4 rings (SSSR count). The third-order valence-corrected chi connectivity index (χ3v) is 5.98. The second-order valence-electron chi connectivity index (χ2n) is 8.25. The van der Waals surface area contributed by atoms with E-state index in [1.807, 2.05) is 37.2 Å². The number of ether oxygens (including phenoxy) is 1. The highest BCUT2D eigenvalue weighted by molar-refractivity contribution is 6.03. The van der Waals surface area contributed by atoms with Crippen LogP contribution in [0.25, 0.3) is 0 Å². The van der Waals surface area contributed by atoms with Gasteiger partial charge in [-0.3, -0.25) is 24.9 Å². The number of amides is 2. The number of aliphatic imine (C=N–C) groups is 2. The van der Waals surface area contributed by atoms with Gasteiger partial charge >= 0.3 is 0 Å². The molecule has 0 bridgehead atoms. The third kappa shape index (κ3) is 4.23. The van der Waals surface area contributed by atoms with Crippen LogP contribution in [0.3, 0.4) is 0 Å². The summed E-state index contributed by atoms with van der Waals surface area (Å²) < 4.78 is 5.62. The van der Waals surface area contributed by atoms with Gasteiger partial charge in [0.1, 0.15) is 12.4 Å². The molecule has 3 aliphatic rings. The fourth-order valence-electron chi connectivity index (χ4n) is 4.08. The van der Waals surface area contributed by atoms with Gasteiger partial charge in [0.05, 0.1) is 24.3 Å². The first-order valence-electron chi connectivity index (χ1n) is 10.6. The second kappa shape index (κ2) is 9.09. The third-order valence-electron chi connectivity index (χ3n) is 5.98. The standard InChI is InChI=1S/C22H28N6O4/c1-14-6-7-15(20(29)27-31-3)11-17(14)26-19-18-22(2,8-9-28(18)25-13-24-19)21(30)23-12-16-5-4-10-32-16/h6-9,11,13,16,18H,4-5,10,12H2,1-3H3,(H,23,30)(H,27,29)(H,24,25,26). The molecule has 1 saturated heterocycles. The summed E-state index contributed by atoms with van der Waals surface area (Å²) in [5.74, 6) is -0.0190. The molecule has 10 heteroatoms. The number of hydrogen-bond acceptors (Lipinski definition) is 7.